The molecule has 0 heterocycles. The molecule has 0 radical (unpaired) electrons. The minimum absolute atomic E-state index is 0.0426. The summed E-state index contributed by atoms with van der Waals surface area (Å²) in [5.41, 5.74) is -2.13. The van der Waals surface area contributed by atoms with E-state index >= 15 is 0 Å². The zero-order chi connectivity index (χ0) is 19.2. The maximum atomic E-state index is 12.7. The minimum atomic E-state index is -4.73. The Hall–Kier alpha value is -2.85. The van der Waals surface area contributed by atoms with Gasteiger partial charge in [-0.25, -0.2) is 4.79 Å². The lowest BCUT2D eigenvalue weighted by Gasteiger charge is -2.22. The average Bonchev–Trinajstić information content (AvgIpc) is 2.51. The van der Waals surface area contributed by atoms with Crippen molar-refractivity contribution in [2.75, 3.05) is 24.6 Å². The quantitative estimate of drug-likeness (QED) is 0.616. The van der Waals surface area contributed by atoms with E-state index in [1.165, 1.54) is 11.8 Å². The molecule has 1 N–H and O–H groups in total. The summed E-state index contributed by atoms with van der Waals surface area (Å²) in [7, 11) is 0. The highest BCUT2D eigenvalue weighted by Gasteiger charge is 2.34. The molecule has 138 valence electrons. The van der Waals surface area contributed by atoms with Crippen LogP contribution in [0, 0.1) is 10.1 Å². The van der Waals surface area contributed by atoms with Gasteiger partial charge < -0.3 is 9.64 Å². The van der Waals surface area contributed by atoms with Crippen LogP contribution < -0.4 is 10.2 Å². The van der Waals surface area contributed by atoms with Crippen LogP contribution in [0.1, 0.15) is 19.4 Å². The van der Waals surface area contributed by atoms with Gasteiger partial charge in [0.25, 0.3) is 5.69 Å². The van der Waals surface area contributed by atoms with Crippen LogP contribution >= 0.6 is 0 Å². The monoisotopic (exact) mass is 363 g/mol. The maximum Gasteiger partial charge on any atom is 0.416 e. The number of likely N-dealkylation sites (N-methyl/N-ethyl adjacent to an activating group) is 1. The predicted octanol–water partition coefficient (Wildman–Crippen LogP) is 2.71. The van der Waals surface area contributed by atoms with Crippen LogP contribution in [0.15, 0.2) is 18.2 Å². The van der Waals surface area contributed by atoms with Crippen molar-refractivity contribution in [3.8, 4) is 0 Å². The van der Waals surface area contributed by atoms with E-state index in [4.69, 9.17) is 0 Å². The van der Waals surface area contributed by atoms with Gasteiger partial charge in [-0.2, -0.15) is 13.2 Å². The Kier molecular flexibility index (Phi) is 6.71. The van der Waals surface area contributed by atoms with E-state index in [-0.39, 0.29) is 18.8 Å². The third-order valence-electron chi connectivity index (χ3n) is 3.07. The van der Waals surface area contributed by atoms with Gasteiger partial charge in [0.15, 0.2) is 0 Å². The molecule has 0 fully saturated rings. The molecule has 0 unspecified atom stereocenters. The fourth-order valence-electron chi connectivity index (χ4n) is 1.97. The molecule has 0 saturated carbocycles. The number of ether oxygens (including phenoxy) is 1. The SMILES string of the molecule is CCOC(=O)NC(=O)CN(CC)c1ccc(C(F)(F)F)cc1[N+](=O)[O-]. The van der Waals surface area contributed by atoms with Crippen molar-refractivity contribution >= 4 is 23.4 Å². The molecular formula is C14H16F3N3O5. The lowest BCUT2D eigenvalue weighted by Crippen LogP contribution is -2.40. The number of nitro groups is 1. The van der Waals surface area contributed by atoms with Crippen molar-refractivity contribution in [1.29, 1.82) is 0 Å². The summed E-state index contributed by atoms with van der Waals surface area (Å²) in [6.07, 6.45) is -5.72. The Morgan fingerprint density at radius 3 is 2.44 bits per heavy atom. The van der Waals surface area contributed by atoms with E-state index in [9.17, 15) is 32.9 Å². The Bertz CT molecular complexity index is 664. The summed E-state index contributed by atoms with van der Waals surface area (Å²) in [4.78, 5) is 34.3. The Morgan fingerprint density at radius 2 is 1.96 bits per heavy atom. The molecule has 0 aliphatic rings. The van der Waals surface area contributed by atoms with E-state index in [0.717, 1.165) is 6.07 Å². The molecule has 0 aliphatic carbocycles. The number of alkyl halides is 3. The second-order valence-corrected chi connectivity index (χ2v) is 4.74. The fraction of sp³-hybridized carbons (Fsp3) is 0.429. The minimum Gasteiger partial charge on any atom is -0.450 e. The summed E-state index contributed by atoms with van der Waals surface area (Å²) in [5.74, 6) is -0.811. The number of nitrogens with one attached hydrogen (secondary N) is 1. The van der Waals surface area contributed by atoms with Crippen LogP contribution in [0.2, 0.25) is 0 Å². The van der Waals surface area contributed by atoms with E-state index < -0.39 is 40.9 Å². The van der Waals surface area contributed by atoms with Gasteiger partial charge in [-0.15, -0.1) is 0 Å². The molecule has 0 spiro atoms. The molecule has 2 amide bonds. The number of rotatable bonds is 6. The van der Waals surface area contributed by atoms with Crippen LogP contribution in [0.5, 0.6) is 0 Å². The van der Waals surface area contributed by atoms with Crippen LogP contribution in [-0.4, -0.2) is 36.6 Å². The zero-order valence-electron chi connectivity index (χ0n) is 13.4. The number of hydrogen-bond donors (Lipinski definition) is 1. The molecule has 11 heteroatoms. The number of nitrogens with zero attached hydrogens (tertiary/aromatic N) is 2. The van der Waals surface area contributed by atoms with Gasteiger partial charge in [-0.3, -0.25) is 20.2 Å². The van der Waals surface area contributed by atoms with Gasteiger partial charge in [0.1, 0.15) is 5.69 Å². The summed E-state index contributed by atoms with van der Waals surface area (Å²) >= 11 is 0. The van der Waals surface area contributed by atoms with Gasteiger partial charge in [-0.05, 0) is 26.0 Å². The van der Waals surface area contributed by atoms with E-state index in [2.05, 4.69) is 4.74 Å². The fourth-order valence-corrected chi connectivity index (χ4v) is 1.97. The Labute approximate surface area is 140 Å². The van der Waals surface area contributed by atoms with Crippen molar-refractivity contribution in [1.82, 2.24) is 5.32 Å². The average molecular weight is 363 g/mol. The number of alkyl carbamates (subject to hydrolysis) is 1. The first-order chi connectivity index (χ1) is 11.6. The van der Waals surface area contributed by atoms with E-state index in [0.29, 0.717) is 12.1 Å². The van der Waals surface area contributed by atoms with Crippen LogP contribution in [0.4, 0.5) is 29.3 Å². The summed E-state index contributed by atoms with van der Waals surface area (Å²) < 4.78 is 42.7. The summed E-state index contributed by atoms with van der Waals surface area (Å²) in [6, 6.07) is 2.01. The number of anilines is 1. The Morgan fingerprint density at radius 1 is 1.32 bits per heavy atom. The number of amides is 2. The molecule has 0 bridgehead atoms. The van der Waals surface area contributed by atoms with Gasteiger partial charge in [0.05, 0.1) is 23.6 Å². The normalized spacial score (nSPS) is 10.9. The lowest BCUT2D eigenvalue weighted by molar-refractivity contribution is -0.384. The number of halogens is 3. The molecule has 0 aliphatic heterocycles. The number of carbonyl (C=O) groups excluding carboxylic acids is 2. The predicted molar refractivity (Wildman–Crippen MR) is 81.2 cm³/mol. The first-order valence-electron chi connectivity index (χ1n) is 7.17. The van der Waals surface area contributed by atoms with Crippen molar-refractivity contribution in [2.24, 2.45) is 0 Å². The maximum absolute atomic E-state index is 12.7. The lowest BCUT2D eigenvalue weighted by atomic mass is 10.1. The number of nitro benzene ring substituents is 1. The van der Waals surface area contributed by atoms with Crippen molar-refractivity contribution in [3.05, 3.63) is 33.9 Å². The Balaban J connectivity index is 3.08. The number of benzene rings is 1. The molecule has 0 saturated heterocycles. The van der Waals surface area contributed by atoms with Gasteiger partial charge in [0.2, 0.25) is 5.91 Å². The van der Waals surface area contributed by atoms with Gasteiger partial charge >= 0.3 is 12.3 Å². The van der Waals surface area contributed by atoms with Crippen LogP contribution in [0.25, 0.3) is 0 Å². The van der Waals surface area contributed by atoms with Gasteiger partial charge in [-0.1, -0.05) is 0 Å². The molecule has 0 atom stereocenters. The molecule has 25 heavy (non-hydrogen) atoms. The highest BCUT2D eigenvalue weighted by Crippen LogP contribution is 2.36. The second kappa shape index (κ2) is 8.31. The molecule has 8 nitrogen and oxygen atoms in total. The topological polar surface area (TPSA) is 102 Å². The van der Waals surface area contributed by atoms with Crippen LogP contribution in [0.3, 0.4) is 0 Å². The molecule has 0 aromatic heterocycles. The van der Waals surface area contributed by atoms with Gasteiger partial charge in [0, 0.05) is 12.6 Å². The highest BCUT2D eigenvalue weighted by molar-refractivity contribution is 5.94. The van der Waals surface area contributed by atoms with E-state index in [1.807, 2.05) is 5.32 Å². The van der Waals surface area contributed by atoms with Crippen molar-refractivity contribution < 1.29 is 32.4 Å². The molecule has 1 aromatic rings. The highest BCUT2D eigenvalue weighted by atomic mass is 19.4. The smallest absolute Gasteiger partial charge is 0.416 e. The third-order valence-corrected chi connectivity index (χ3v) is 3.07. The molecule has 1 rings (SSSR count). The second-order valence-electron chi connectivity index (χ2n) is 4.74. The number of carbonyl (C=O) groups is 2. The number of imide groups is 1. The first kappa shape index (κ1) is 20.2. The first-order valence-corrected chi connectivity index (χ1v) is 7.17. The third kappa shape index (κ3) is 5.62. The standard InChI is InChI=1S/C14H16F3N3O5/c1-3-19(8-12(21)18-13(22)25-4-2)10-6-5-9(14(15,16)17)7-11(10)20(23)24/h5-7H,3-4,8H2,1-2H3,(H,18,21,22). The van der Waals surface area contributed by atoms with Crippen molar-refractivity contribution in [2.45, 2.75) is 20.0 Å². The summed E-state index contributed by atoms with van der Waals surface area (Å²) in [6.45, 7) is 2.75. The molecule has 1 aromatic carbocycles. The van der Waals surface area contributed by atoms with Crippen LogP contribution in [-0.2, 0) is 15.7 Å². The van der Waals surface area contributed by atoms with E-state index in [1.54, 1.807) is 6.92 Å². The number of hydrogen-bond acceptors (Lipinski definition) is 6. The zero-order valence-corrected chi connectivity index (χ0v) is 13.4. The molecular weight excluding hydrogens is 347 g/mol. The largest absolute Gasteiger partial charge is 0.450 e. The van der Waals surface area contributed by atoms with Crippen molar-refractivity contribution in [3.63, 3.8) is 0 Å². The summed E-state index contributed by atoms with van der Waals surface area (Å²) in [5, 5.41) is 13.0.